The predicted molar refractivity (Wildman–Crippen MR) is 60.4 cm³/mol. The van der Waals surface area contributed by atoms with Crippen LogP contribution in [0.2, 0.25) is 0 Å². The smallest absolute Gasteiger partial charge is 0.338 e. The van der Waals surface area contributed by atoms with Crippen molar-refractivity contribution in [2.24, 2.45) is 0 Å². The Labute approximate surface area is 100 Å². The molecule has 98 valence electrons. The van der Waals surface area contributed by atoms with E-state index >= 15 is 0 Å². The highest BCUT2D eigenvalue weighted by Gasteiger charge is 2.39. The van der Waals surface area contributed by atoms with Gasteiger partial charge >= 0.3 is 12.0 Å². The van der Waals surface area contributed by atoms with Gasteiger partial charge in [0, 0.05) is 12.1 Å². The molecule has 1 aliphatic carbocycles. The Morgan fingerprint density at radius 1 is 1.41 bits per heavy atom. The lowest BCUT2D eigenvalue weighted by atomic mass is 9.75. The van der Waals surface area contributed by atoms with Gasteiger partial charge in [-0.1, -0.05) is 0 Å². The van der Waals surface area contributed by atoms with Crippen molar-refractivity contribution >= 4 is 12.0 Å². The highest BCUT2D eigenvalue weighted by atomic mass is 16.7. The molecule has 3 N–H and O–H groups in total. The van der Waals surface area contributed by atoms with E-state index in [4.69, 9.17) is 5.11 Å². The second kappa shape index (κ2) is 5.83. The van der Waals surface area contributed by atoms with Gasteiger partial charge in [0.15, 0.2) is 6.61 Å². The van der Waals surface area contributed by atoms with Crippen molar-refractivity contribution in [1.82, 2.24) is 15.7 Å². The van der Waals surface area contributed by atoms with Gasteiger partial charge in [-0.25, -0.2) is 15.1 Å². The standard InChI is InChI=1S/C10H19N3O4/c1-13(2)10(4-3-5-10)7-11-9(16)12-17-6-8(14)15/h3-7H2,1-2H3,(H,14,15)(H2,11,12,16). The summed E-state index contributed by atoms with van der Waals surface area (Å²) in [6, 6.07) is -0.514. The summed E-state index contributed by atoms with van der Waals surface area (Å²) in [5.74, 6) is -1.13. The molecule has 7 heteroatoms. The van der Waals surface area contributed by atoms with Gasteiger partial charge in [0.2, 0.25) is 0 Å². The van der Waals surface area contributed by atoms with E-state index in [2.05, 4.69) is 15.1 Å². The first kappa shape index (κ1) is 13.7. The van der Waals surface area contributed by atoms with Crippen LogP contribution in [0, 0.1) is 0 Å². The number of likely N-dealkylation sites (N-methyl/N-ethyl adjacent to an activating group) is 1. The van der Waals surface area contributed by atoms with Crippen LogP contribution >= 0.6 is 0 Å². The summed E-state index contributed by atoms with van der Waals surface area (Å²) in [7, 11) is 3.97. The maximum atomic E-state index is 11.3. The molecule has 1 aliphatic rings. The van der Waals surface area contributed by atoms with Crippen molar-refractivity contribution in [2.45, 2.75) is 24.8 Å². The van der Waals surface area contributed by atoms with Gasteiger partial charge in [0.25, 0.3) is 0 Å². The summed E-state index contributed by atoms with van der Waals surface area (Å²) in [6.45, 7) is -0.0193. The first-order valence-electron chi connectivity index (χ1n) is 5.51. The number of carboxylic acids is 1. The van der Waals surface area contributed by atoms with Gasteiger partial charge in [0.05, 0.1) is 0 Å². The minimum absolute atomic E-state index is 0.0319. The molecule has 0 atom stereocenters. The van der Waals surface area contributed by atoms with Gasteiger partial charge < -0.3 is 15.3 Å². The summed E-state index contributed by atoms with van der Waals surface area (Å²) < 4.78 is 0. The first-order valence-corrected chi connectivity index (χ1v) is 5.51. The number of carbonyl (C=O) groups is 2. The molecule has 1 saturated carbocycles. The average Bonchev–Trinajstić information content (AvgIpc) is 2.14. The van der Waals surface area contributed by atoms with Crippen LogP contribution in [0.4, 0.5) is 4.79 Å². The van der Waals surface area contributed by atoms with Gasteiger partial charge in [0.1, 0.15) is 0 Å². The van der Waals surface area contributed by atoms with Crippen LogP contribution in [0.5, 0.6) is 0 Å². The quantitative estimate of drug-likeness (QED) is 0.563. The van der Waals surface area contributed by atoms with E-state index in [1.165, 1.54) is 0 Å². The number of nitrogens with zero attached hydrogens (tertiary/aromatic N) is 1. The highest BCUT2D eigenvalue weighted by molar-refractivity contribution is 5.73. The molecule has 0 bridgehead atoms. The van der Waals surface area contributed by atoms with Crippen LogP contribution in [0.3, 0.4) is 0 Å². The number of aliphatic carboxylic acids is 1. The number of rotatable bonds is 6. The maximum absolute atomic E-state index is 11.3. The van der Waals surface area contributed by atoms with E-state index in [9.17, 15) is 9.59 Å². The number of nitrogens with one attached hydrogen (secondary N) is 2. The van der Waals surface area contributed by atoms with Crippen LogP contribution in [-0.2, 0) is 9.63 Å². The van der Waals surface area contributed by atoms with E-state index in [1.54, 1.807) is 0 Å². The third-order valence-electron chi connectivity index (χ3n) is 3.17. The number of amides is 2. The largest absolute Gasteiger partial charge is 0.479 e. The third-order valence-corrected chi connectivity index (χ3v) is 3.17. The van der Waals surface area contributed by atoms with Gasteiger partial charge in [-0.2, -0.15) is 0 Å². The van der Waals surface area contributed by atoms with Crippen LogP contribution < -0.4 is 10.8 Å². The number of hydroxylamine groups is 1. The molecule has 2 amide bonds. The molecule has 0 aromatic heterocycles. The van der Waals surface area contributed by atoms with Gasteiger partial charge in [-0.15, -0.1) is 0 Å². The van der Waals surface area contributed by atoms with Crippen molar-refractivity contribution in [3.63, 3.8) is 0 Å². The second-order valence-electron chi connectivity index (χ2n) is 4.44. The molecule has 0 heterocycles. The van der Waals surface area contributed by atoms with Gasteiger partial charge in [-0.05, 0) is 33.4 Å². The number of urea groups is 1. The molecule has 7 nitrogen and oxygen atoms in total. The minimum Gasteiger partial charge on any atom is -0.479 e. The number of hydrogen-bond acceptors (Lipinski definition) is 4. The van der Waals surface area contributed by atoms with Crippen molar-refractivity contribution in [1.29, 1.82) is 0 Å². The molecule has 17 heavy (non-hydrogen) atoms. The van der Waals surface area contributed by atoms with E-state index < -0.39 is 18.6 Å². The van der Waals surface area contributed by atoms with Crippen molar-refractivity contribution in [3.05, 3.63) is 0 Å². The second-order valence-corrected chi connectivity index (χ2v) is 4.44. The molecule has 0 aliphatic heterocycles. The molecule has 0 aromatic carbocycles. The summed E-state index contributed by atoms with van der Waals surface area (Å²) in [4.78, 5) is 28.0. The Hall–Kier alpha value is -1.34. The molecule has 0 aromatic rings. The molecule has 0 radical (unpaired) electrons. The molecule has 0 unspecified atom stereocenters. The summed E-state index contributed by atoms with van der Waals surface area (Å²) in [6.07, 6.45) is 3.27. The maximum Gasteiger partial charge on any atom is 0.338 e. The zero-order chi connectivity index (χ0) is 12.9. The fraction of sp³-hybridized carbons (Fsp3) is 0.800. The normalized spacial score (nSPS) is 17.4. The lowest BCUT2D eigenvalue weighted by Gasteiger charge is -2.47. The number of carbonyl (C=O) groups excluding carboxylic acids is 1. The van der Waals surface area contributed by atoms with E-state index in [0.717, 1.165) is 19.3 Å². The van der Waals surface area contributed by atoms with Gasteiger partial charge in [-0.3, -0.25) is 4.84 Å². The summed E-state index contributed by atoms with van der Waals surface area (Å²) in [5, 5.41) is 11.0. The Balaban J connectivity index is 2.21. The zero-order valence-corrected chi connectivity index (χ0v) is 10.2. The molecular weight excluding hydrogens is 226 g/mol. The molecule has 1 rings (SSSR count). The Kier molecular flexibility index (Phi) is 4.71. The minimum atomic E-state index is -1.13. The molecular formula is C10H19N3O4. The Bertz CT molecular complexity index is 289. The van der Waals surface area contributed by atoms with Crippen LogP contribution in [0.15, 0.2) is 0 Å². The van der Waals surface area contributed by atoms with Crippen LogP contribution in [0.25, 0.3) is 0 Å². The zero-order valence-electron chi connectivity index (χ0n) is 10.2. The third kappa shape index (κ3) is 3.86. The predicted octanol–water partition coefficient (Wildman–Crippen LogP) is -0.214. The number of hydrogen-bond donors (Lipinski definition) is 3. The topological polar surface area (TPSA) is 90.9 Å². The summed E-state index contributed by atoms with van der Waals surface area (Å²) in [5.41, 5.74) is 2.06. The molecule has 1 fully saturated rings. The molecule has 0 spiro atoms. The van der Waals surface area contributed by atoms with Crippen LogP contribution in [-0.4, -0.2) is 54.8 Å². The summed E-state index contributed by atoms with van der Waals surface area (Å²) >= 11 is 0. The van der Waals surface area contributed by atoms with Crippen LogP contribution in [0.1, 0.15) is 19.3 Å². The van der Waals surface area contributed by atoms with E-state index in [-0.39, 0.29) is 5.54 Å². The first-order chi connectivity index (χ1) is 7.96. The van der Waals surface area contributed by atoms with E-state index in [1.807, 2.05) is 19.6 Å². The van der Waals surface area contributed by atoms with Crippen molar-refractivity contribution in [3.8, 4) is 0 Å². The lowest BCUT2D eigenvalue weighted by molar-refractivity contribution is -0.144. The van der Waals surface area contributed by atoms with Crippen molar-refractivity contribution in [2.75, 3.05) is 27.2 Å². The SMILES string of the molecule is CN(C)C1(CNC(=O)NOCC(=O)O)CCC1. The highest BCUT2D eigenvalue weighted by Crippen LogP contribution is 2.35. The van der Waals surface area contributed by atoms with E-state index in [0.29, 0.717) is 6.54 Å². The lowest BCUT2D eigenvalue weighted by Crippen LogP contribution is -2.58. The Morgan fingerprint density at radius 2 is 2.06 bits per heavy atom. The average molecular weight is 245 g/mol. The fourth-order valence-corrected chi connectivity index (χ4v) is 1.81. The fourth-order valence-electron chi connectivity index (χ4n) is 1.81. The Morgan fingerprint density at radius 3 is 2.47 bits per heavy atom. The monoisotopic (exact) mass is 245 g/mol. The molecule has 0 saturated heterocycles. The number of carboxylic acid groups (broad SMARTS) is 1. The van der Waals surface area contributed by atoms with Crippen molar-refractivity contribution < 1.29 is 19.5 Å².